The molecule has 1 atom stereocenters. The molecule has 0 bridgehead atoms. The highest BCUT2D eigenvalue weighted by Gasteiger charge is 2.19. The molecule has 0 aliphatic rings. The van der Waals surface area contributed by atoms with E-state index in [2.05, 4.69) is 15.2 Å². The van der Waals surface area contributed by atoms with E-state index < -0.39 is 5.97 Å². The van der Waals surface area contributed by atoms with Crippen molar-refractivity contribution in [3.05, 3.63) is 75.2 Å². The molecule has 0 aliphatic carbocycles. The van der Waals surface area contributed by atoms with E-state index >= 15 is 0 Å². The van der Waals surface area contributed by atoms with Gasteiger partial charge in [-0.1, -0.05) is 6.07 Å². The lowest BCUT2D eigenvalue weighted by Gasteiger charge is -2.19. The number of aryl methyl sites for hydroxylation is 2. The summed E-state index contributed by atoms with van der Waals surface area (Å²) in [5.41, 5.74) is 2.88. The van der Waals surface area contributed by atoms with Crippen LogP contribution in [0.3, 0.4) is 0 Å². The summed E-state index contributed by atoms with van der Waals surface area (Å²) in [6.07, 6.45) is 0. The zero-order valence-corrected chi connectivity index (χ0v) is 16.2. The van der Waals surface area contributed by atoms with E-state index in [0.717, 1.165) is 16.3 Å². The van der Waals surface area contributed by atoms with E-state index in [9.17, 15) is 9.59 Å². The van der Waals surface area contributed by atoms with Gasteiger partial charge in [-0.3, -0.25) is 9.48 Å². The molecule has 1 N–H and O–H groups in total. The molecule has 0 saturated heterocycles. The Bertz CT molecular complexity index is 930. The zero-order valence-electron chi connectivity index (χ0n) is 15.4. The van der Waals surface area contributed by atoms with Crippen LogP contribution in [0.2, 0.25) is 0 Å². The maximum absolute atomic E-state index is 12.5. The number of hydrogen-bond acceptors (Lipinski definition) is 5. The van der Waals surface area contributed by atoms with Gasteiger partial charge in [0.15, 0.2) is 0 Å². The highest BCUT2D eigenvalue weighted by atomic mass is 32.1. The van der Waals surface area contributed by atoms with E-state index in [1.54, 1.807) is 35.6 Å². The van der Waals surface area contributed by atoms with Crippen LogP contribution in [0.15, 0.2) is 47.8 Å². The largest absolute Gasteiger partial charge is 0.465 e. The first-order valence-corrected chi connectivity index (χ1v) is 9.40. The minimum absolute atomic E-state index is 0.0722. The van der Waals surface area contributed by atoms with Gasteiger partial charge in [0.1, 0.15) is 6.04 Å². The third kappa shape index (κ3) is 4.25. The first kappa shape index (κ1) is 18.8. The van der Waals surface area contributed by atoms with E-state index in [4.69, 9.17) is 0 Å². The molecule has 1 aromatic carbocycles. The van der Waals surface area contributed by atoms with E-state index in [1.807, 2.05) is 42.1 Å². The number of nitrogens with one attached hydrogen (secondary N) is 1. The number of carbonyl (C=O) groups is 2. The van der Waals surface area contributed by atoms with Gasteiger partial charge < -0.3 is 10.1 Å². The van der Waals surface area contributed by atoms with Crippen molar-refractivity contribution in [2.45, 2.75) is 19.9 Å². The number of thiophene rings is 1. The van der Waals surface area contributed by atoms with Gasteiger partial charge in [0.2, 0.25) is 0 Å². The fourth-order valence-corrected chi connectivity index (χ4v) is 3.73. The summed E-state index contributed by atoms with van der Waals surface area (Å²) < 4.78 is 6.62. The van der Waals surface area contributed by atoms with Crippen molar-refractivity contribution in [1.82, 2.24) is 15.1 Å². The van der Waals surface area contributed by atoms with Crippen LogP contribution in [-0.2, 0) is 4.74 Å². The Hall–Kier alpha value is -2.93. The topological polar surface area (TPSA) is 73.2 Å². The number of aromatic nitrogens is 2. The molecule has 0 spiro atoms. The normalized spacial score (nSPS) is 11.8. The van der Waals surface area contributed by atoms with E-state index in [-0.39, 0.29) is 11.9 Å². The number of carbonyl (C=O) groups excluding carboxylic acids is 2. The smallest absolute Gasteiger partial charge is 0.337 e. The van der Waals surface area contributed by atoms with Gasteiger partial charge in [-0.25, -0.2) is 4.79 Å². The van der Waals surface area contributed by atoms with Gasteiger partial charge in [0, 0.05) is 22.7 Å². The summed E-state index contributed by atoms with van der Waals surface area (Å²) in [7, 11) is 1.33. The van der Waals surface area contributed by atoms with Crippen LogP contribution >= 0.6 is 11.3 Å². The quantitative estimate of drug-likeness (QED) is 0.663. The van der Waals surface area contributed by atoms with E-state index in [1.165, 1.54) is 7.11 Å². The summed E-state index contributed by atoms with van der Waals surface area (Å²) in [6, 6.07) is 12.4. The second kappa shape index (κ2) is 8.18. The number of ether oxygens (including phenoxy) is 1. The van der Waals surface area contributed by atoms with Crippen molar-refractivity contribution < 1.29 is 14.3 Å². The molecule has 2 aromatic heterocycles. The molecule has 0 unspecified atom stereocenters. The number of methoxy groups -OCH3 is 1. The molecule has 0 saturated carbocycles. The number of benzene rings is 1. The van der Waals surface area contributed by atoms with Gasteiger partial charge in [-0.15, -0.1) is 11.3 Å². The second-order valence-electron chi connectivity index (χ2n) is 6.18. The second-order valence-corrected chi connectivity index (χ2v) is 7.16. The maximum atomic E-state index is 12.5. The summed E-state index contributed by atoms with van der Waals surface area (Å²) in [5.74, 6) is -0.626. The van der Waals surface area contributed by atoms with Gasteiger partial charge >= 0.3 is 5.97 Å². The standard InChI is InChI=1S/C20H21N3O3S/c1-13-11-14(2)23(22-13)17(18-5-4-10-27-18)12-21-19(24)15-6-8-16(9-7-15)20(25)26-3/h4-11,17H,12H2,1-3H3,(H,21,24)/t17-/m1/s1. The summed E-state index contributed by atoms with van der Waals surface area (Å²) in [5, 5.41) is 9.57. The summed E-state index contributed by atoms with van der Waals surface area (Å²) >= 11 is 1.64. The number of hydrogen-bond donors (Lipinski definition) is 1. The van der Waals surface area contributed by atoms with Crippen LogP contribution in [0.1, 0.15) is 43.0 Å². The maximum Gasteiger partial charge on any atom is 0.337 e. The molecule has 2 heterocycles. The Balaban J connectivity index is 1.74. The molecule has 3 rings (SSSR count). The lowest BCUT2D eigenvalue weighted by molar-refractivity contribution is 0.0600. The van der Waals surface area contributed by atoms with Crippen LogP contribution in [0, 0.1) is 13.8 Å². The predicted molar refractivity (Wildman–Crippen MR) is 104 cm³/mol. The van der Waals surface area contributed by atoms with Gasteiger partial charge in [0.05, 0.1) is 18.4 Å². The summed E-state index contributed by atoms with van der Waals surface area (Å²) in [6.45, 7) is 4.38. The molecule has 140 valence electrons. The van der Waals surface area contributed by atoms with Crippen molar-refractivity contribution in [1.29, 1.82) is 0 Å². The molecular formula is C20H21N3O3S. The number of esters is 1. The lowest BCUT2D eigenvalue weighted by atomic mass is 10.1. The van der Waals surface area contributed by atoms with Crippen LogP contribution in [0.5, 0.6) is 0 Å². The third-order valence-corrected chi connectivity index (χ3v) is 5.21. The summed E-state index contributed by atoms with van der Waals surface area (Å²) in [4.78, 5) is 25.2. The molecular weight excluding hydrogens is 362 g/mol. The van der Waals surface area contributed by atoms with Gasteiger partial charge in [-0.05, 0) is 55.6 Å². The first-order chi connectivity index (χ1) is 13.0. The van der Waals surface area contributed by atoms with Crippen molar-refractivity contribution >= 4 is 23.2 Å². The van der Waals surface area contributed by atoms with Crippen molar-refractivity contribution in [2.24, 2.45) is 0 Å². The highest BCUT2D eigenvalue weighted by molar-refractivity contribution is 7.10. The zero-order chi connectivity index (χ0) is 19.4. The highest BCUT2D eigenvalue weighted by Crippen LogP contribution is 2.24. The van der Waals surface area contributed by atoms with Gasteiger partial charge in [-0.2, -0.15) is 5.10 Å². The van der Waals surface area contributed by atoms with Crippen LogP contribution in [0.4, 0.5) is 0 Å². The fraction of sp³-hybridized carbons (Fsp3) is 0.250. The first-order valence-electron chi connectivity index (χ1n) is 8.52. The molecule has 27 heavy (non-hydrogen) atoms. The molecule has 1 amide bonds. The van der Waals surface area contributed by atoms with Crippen molar-refractivity contribution in [3.63, 3.8) is 0 Å². The molecule has 0 aliphatic heterocycles. The Morgan fingerprint density at radius 1 is 1.19 bits per heavy atom. The molecule has 3 aromatic rings. The fourth-order valence-electron chi connectivity index (χ4n) is 2.92. The molecule has 0 radical (unpaired) electrons. The SMILES string of the molecule is COC(=O)c1ccc(C(=O)NC[C@H](c2cccs2)n2nc(C)cc2C)cc1. The predicted octanol–water partition coefficient (Wildman–Crippen LogP) is 3.37. The van der Waals surface area contributed by atoms with Crippen molar-refractivity contribution in [2.75, 3.05) is 13.7 Å². The number of rotatable bonds is 6. The van der Waals surface area contributed by atoms with Crippen LogP contribution in [-0.4, -0.2) is 35.3 Å². The average molecular weight is 383 g/mol. The van der Waals surface area contributed by atoms with Crippen molar-refractivity contribution in [3.8, 4) is 0 Å². The minimum Gasteiger partial charge on any atom is -0.465 e. The molecule has 0 fully saturated rings. The Morgan fingerprint density at radius 2 is 1.89 bits per heavy atom. The van der Waals surface area contributed by atoms with Crippen LogP contribution < -0.4 is 5.32 Å². The van der Waals surface area contributed by atoms with Gasteiger partial charge in [0.25, 0.3) is 5.91 Å². The third-order valence-electron chi connectivity index (χ3n) is 4.24. The van der Waals surface area contributed by atoms with Crippen LogP contribution in [0.25, 0.3) is 0 Å². The minimum atomic E-state index is -0.427. The Kier molecular flexibility index (Phi) is 5.71. The molecule has 7 heteroatoms. The Labute approximate surface area is 161 Å². The number of amides is 1. The van der Waals surface area contributed by atoms with E-state index in [0.29, 0.717) is 17.7 Å². The lowest BCUT2D eigenvalue weighted by Crippen LogP contribution is -2.31. The Morgan fingerprint density at radius 3 is 2.44 bits per heavy atom. The average Bonchev–Trinajstić information content (AvgIpc) is 3.31. The molecule has 6 nitrogen and oxygen atoms in total. The number of nitrogens with zero attached hydrogens (tertiary/aromatic N) is 2. The monoisotopic (exact) mass is 383 g/mol.